The summed E-state index contributed by atoms with van der Waals surface area (Å²) in [5, 5.41) is 5.47. The third kappa shape index (κ3) is 7.44. The smallest absolute Gasteiger partial charge is 0.326 e. The van der Waals surface area contributed by atoms with E-state index in [1.54, 1.807) is 7.05 Å². The number of anilines is 1. The molecule has 6 nitrogen and oxygen atoms in total. The van der Waals surface area contributed by atoms with Crippen LogP contribution >= 0.6 is 0 Å². The van der Waals surface area contributed by atoms with Crippen molar-refractivity contribution in [3.05, 3.63) is 24.3 Å². The van der Waals surface area contributed by atoms with E-state index in [-0.39, 0.29) is 10.8 Å². The molecule has 0 aliphatic heterocycles. The highest BCUT2D eigenvalue weighted by Crippen LogP contribution is 2.17. The van der Waals surface area contributed by atoms with Gasteiger partial charge in [0.25, 0.3) is 0 Å². The van der Waals surface area contributed by atoms with Crippen molar-refractivity contribution >= 4 is 21.6 Å². The third-order valence-corrected chi connectivity index (χ3v) is 4.16. The Hall–Kier alpha value is -1.65. The molecule has 0 aliphatic rings. The van der Waals surface area contributed by atoms with Gasteiger partial charge in [0.15, 0.2) is 0 Å². The molecule has 130 valence electrons. The molecule has 0 aliphatic carbocycles. The lowest BCUT2D eigenvalue weighted by Crippen LogP contribution is -2.33. The van der Waals surface area contributed by atoms with E-state index in [9.17, 15) is 26.4 Å². The fraction of sp³-hybridized carbons (Fsp3) is 0.462. The first-order valence-electron chi connectivity index (χ1n) is 6.75. The first-order chi connectivity index (χ1) is 10.6. The van der Waals surface area contributed by atoms with Crippen molar-refractivity contribution in [2.75, 3.05) is 25.5 Å². The average molecular weight is 353 g/mol. The van der Waals surface area contributed by atoms with Gasteiger partial charge in [-0.2, -0.15) is 13.2 Å². The van der Waals surface area contributed by atoms with Gasteiger partial charge in [0.2, 0.25) is 15.9 Å². The molecule has 1 rings (SSSR count). The van der Waals surface area contributed by atoms with Gasteiger partial charge < -0.3 is 10.6 Å². The summed E-state index contributed by atoms with van der Waals surface area (Å²) in [5.41, 5.74) is 0.370. The second kappa shape index (κ2) is 8.27. The molecule has 0 radical (unpaired) electrons. The minimum absolute atomic E-state index is 0.231. The Labute approximate surface area is 132 Å². The van der Waals surface area contributed by atoms with Crippen molar-refractivity contribution in [3.8, 4) is 0 Å². The first-order valence-corrected chi connectivity index (χ1v) is 8.23. The van der Waals surface area contributed by atoms with Crippen molar-refractivity contribution in [2.24, 2.45) is 0 Å². The average Bonchev–Trinajstić information content (AvgIpc) is 2.45. The highest BCUT2D eigenvalue weighted by Gasteiger charge is 2.30. The van der Waals surface area contributed by atoms with Crippen LogP contribution in [-0.4, -0.2) is 40.6 Å². The number of hydrogen-bond donors (Lipinski definition) is 3. The van der Waals surface area contributed by atoms with Gasteiger partial charge in [-0.05, 0) is 44.3 Å². The minimum Gasteiger partial charge on any atom is -0.326 e. The molecule has 10 heteroatoms. The molecule has 1 amide bonds. The lowest BCUT2D eigenvalue weighted by atomic mass is 10.2. The molecule has 23 heavy (non-hydrogen) atoms. The van der Waals surface area contributed by atoms with Crippen LogP contribution in [0.5, 0.6) is 0 Å². The summed E-state index contributed by atoms with van der Waals surface area (Å²) in [7, 11) is -2.48. The van der Waals surface area contributed by atoms with E-state index in [4.69, 9.17) is 0 Å². The van der Waals surface area contributed by atoms with Crippen LogP contribution in [0.4, 0.5) is 18.9 Å². The van der Waals surface area contributed by atoms with Gasteiger partial charge in [-0.15, -0.1) is 0 Å². The molecular formula is C13H18F3N3O3S. The van der Waals surface area contributed by atoms with Crippen LogP contribution in [0.1, 0.15) is 12.8 Å². The Morgan fingerprint density at radius 2 is 1.78 bits per heavy atom. The second-order valence-corrected chi connectivity index (χ2v) is 6.49. The number of nitrogens with one attached hydrogen (secondary N) is 3. The van der Waals surface area contributed by atoms with Crippen LogP contribution in [0, 0.1) is 0 Å². The summed E-state index contributed by atoms with van der Waals surface area (Å²) in [6.07, 6.45) is -3.68. The zero-order valence-corrected chi connectivity index (χ0v) is 13.2. The van der Waals surface area contributed by atoms with Gasteiger partial charge >= 0.3 is 6.18 Å². The molecule has 1 aromatic carbocycles. The number of alkyl halides is 3. The van der Waals surface area contributed by atoms with Gasteiger partial charge in [-0.25, -0.2) is 13.1 Å². The zero-order valence-electron chi connectivity index (χ0n) is 12.4. The van der Waals surface area contributed by atoms with Crippen LogP contribution in [-0.2, 0) is 14.8 Å². The molecule has 0 unspecified atom stereocenters. The summed E-state index contributed by atoms with van der Waals surface area (Å²) in [6.45, 7) is -0.950. The molecule has 0 aromatic heterocycles. The number of carbonyl (C=O) groups is 1. The summed E-state index contributed by atoms with van der Waals surface area (Å²) < 4.78 is 61.0. The highest BCUT2D eigenvalue weighted by atomic mass is 32.2. The zero-order chi connectivity index (χ0) is 17.5. The van der Waals surface area contributed by atoms with E-state index in [1.165, 1.54) is 16.9 Å². The Balaban J connectivity index is 2.63. The Morgan fingerprint density at radius 1 is 1.17 bits per heavy atom. The monoisotopic (exact) mass is 353 g/mol. The largest absolute Gasteiger partial charge is 0.402 e. The first kappa shape index (κ1) is 19.4. The van der Waals surface area contributed by atoms with Crippen molar-refractivity contribution < 1.29 is 26.4 Å². The molecule has 0 saturated carbocycles. The molecule has 1 aromatic rings. The molecule has 0 heterocycles. The quantitative estimate of drug-likeness (QED) is 0.618. The molecule has 0 fully saturated rings. The van der Waals surface area contributed by atoms with E-state index in [0.29, 0.717) is 25.1 Å². The summed E-state index contributed by atoms with van der Waals surface area (Å²) in [5.74, 6) is -0.231. The summed E-state index contributed by atoms with van der Waals surface area (Å²) in [6, 6.07) is 4.89. The van der Waals surface area contributed by atoms with E-state index in [1.807, 2.05) is 0 Å². The number of hydrogen-bond acceptors (Lipinski definition) is 4. The number of benzene rings is 1. The number of carbonyl (C=O) groups excluding carboxylic acids is 1. The van der Waals surface area contributed by atoms with Crippen LogP contribution < -0.4 is 15.4 Å². The van der Waals surface area contributed by atoms with Gasteiger partial charge in [-0.3, -0.25) is 4.79 Å². The van der Waals surface area contributed by atoms with Gasteiger partial charge in [0.1, 0.15) is 6.54 Å². The Morgan fingerprint density at radius 3 is 2.30 bits per heavy atom. The lowest BCUT2D eigenvalue weighted by molar-refractivity contribution is -0.121. The standard InChI is InChI=1S/C13H18F3N3O3S/c1-17-8-2-3-12(20)19-10-4-6-11(7-5-10)23(21,22)18-9-13(14,15)16/h4-7,17-18H,2-3,8-9H2,1H3,(H,19,20). The number of amides is 1. The Kier molecular flexibility index (Phi) is 6.98. The number of halogens is 3. The second-order valence-electron chi connectivity index (χ2n) is 4.72. The van der Waals surface area contributed by atoms with Crippen molar-refractivity contribution in [1.29, 1.82) is 0 Å². The van der Waals surface area contributed by atoms with Crippen LogP contribution in [0.3, 0.4) is 0 Å². The van der Waals surface area contributed by atoms with Gasteiger partial charge in [-0.1, -0.05) is 0 Å². The molecule has 3 N–H and O–H groups in total. The highest BCUT2D eigenvalue weighted by molar-refractivity contribution is 7.89. The van der Waals surface area contributed by atoms with Crippen LogP contribution in [0.2, 0.25) is 0 Å². The molecule has 0 atom stereocenters. The SMILES string of the molecule is CNCCCC(=O)Nc1ccc(S(=O)(=O)NCC(F)(F)F)cc1. The van der Waals surface area contributed by atoms with Crippen molar-refractivity contribution in [2.45, 2.75) is 23.9 Å². The molecule has 0 saturated heterocycles. The normalized spacial score (nSPS) is 12.2. The lowest BCUT2D eigenvalue weighted by Gasteiger charge is -2.10. The summed E-state index contributed by atoms with van der Waals surface area (Å²) >= 11 is 0. The third-order valence-electron chi connectivity index (χ3n) is 2.74. The Bertz CT molecular complexity index is 616. The number of sulfonamides is 1. The van der Waals surface area contributed by atoms with E-state index >= 15 is 0 Å². The van der Waals surface area contributed by atoms with Crippen molar-refractivity contribution in [1.82, 2.24) is 10.0 Å². The number of rotatable bonds is 8. The van der Waals surface area contributed by atoms with E-state index in [0.717, 1.165) is 12.1 Å². The maximum Gasteiger partial charge on any atom is 0.402 e. The predicted molar refractivity (Wildman–Crippen MR) is 79.5 cm³/mol. The van der Waals surface area contributed by atoms with Crippen LogP contribution in [0.15, 0.2) is 29.2 Å². The molecule has 0 bridgehead atoms. The van der Waals surface area contributed by atoms with E-state index < -0.39 is 22.7 Å². The topological polar surface area (TPSA) is 87.3 Å². The van der Waals surface area contributed by atoms with Crippen molar-refractivity contribution in [3.63, 3.8) is 0 Å². The molecule has 0 spiro atoms. The van der Waals surface area contributed by atoms with E-state index in [2.05, 4.69) is 10.6 Å². The fourth-order valence-electron chi connectivity index (χ4n) is 1.63. The molecular weight excluding hydrogens is 335 g/mol. The predicted octanol–water partition coefficient (Wildman–Crippen LogP) is 1.47. The van der Waals surface area contributed by atoms with Gasteiger partial charge in [0, 0.05) is 12.1 Å². The van der Waals surface area contributed by atoms with Crippen LogP contribution in [0.25, 0.3) is 0 Å². The summed E-state index contributed by atoms with van der Waals surface area (Å²) in [4.78, 5) is 11.3. The maximum absolute atomic E-state index is 12.1. The fourth-order valence-corrected chi connectivity index (χ4v) is 2.64. The van der Waals surface area contributed by atoms with Gasteiger partial charge in [0.05, 0.1) is 4.90 Å². The maximum atomic E-state index is 12.1. The minimum atomic E-state index is -4.63.